The molecule has 38 heavy (non-hydrogen) atoms. The van der Waals surface area contributed by atoms with Gasteiger partial charge in [0.1, 0.15) is 6.61 Å². The number of rotatable bonds is 7. The molecule has 2 aromatic carbocycles. The monoisotopic (exact) mass is 1900 g/mol. The minimum Gasteiger partial charge on any atom is -0.449 e. The Bertz CT molecular complexity index is 873. The van der Waals surface area contributed by atoms with Gasteiger partial charge in [0.15, 0.2) is 8.32 Å². The Kier molecular flexibility index (Phi) is 34.9. The van der Waals surface area contributed by atoms with E-state index in [2.05, 4.69) is 63.4 Å². The number of benzene rings is 2. The first-order valence-electron chi connectivity index (χ1n) is 10.5. The Morgan fingerprint density at radius 2 is 1.29 bits per heavy atom. The van der Waals surface area contributed by atoms with Crippen LogP contribution >= 0.6 is 0 Å². The maximum Gasteiger partial charge on any atom is 0.407 e. The number of nitrogens with one attached hydrogen (secondary N) is 1. The van der Waals surface area contributed by atoms with Crippen molar-refractivity contribution < 1.29 is 188 Å². The molecule has 0 bridgehead atoms. The normalized spacial score (nSPS) is 11.6. The van der Waals surface area contributed by atoms with Crippen LogP contribution in [0.25, 0.3) is 11.1 Å². The second-order valence-electron chi connectivity index (χ2n) is 9.39. The fraction of sp³-hybridized carbons (Fsp3) is 0.458. The number of carbonyl (C=O) groups excluding carboxylic acids is 1. The maximum absolute atomic E-state index is 12.3. The van der Waals surface area contributed by atoms with Crippen LogP contribution in [0.5, 0.6) is 0 Å². The summed E-state index contributed by atoms with van der Waals surface area (Å²) in [6.07, 6.45) is -0.930. The summed E-state index contributed by atoms with van der Waals surface area (Å²) >= 11 is 0. The SMILES string of the molecule is CC(C)(C)[Si](C)(C)OC(CO)CNC(=O)OCC1c2ccccc2-c2ccccc21.[W].[W].[W].[W].[W].[W].[W].[W]. The van der Waals surface area contributed by atoms with Crippen LogP contribution in [0.1, 0.15) is 37.8 Å². The Hall–Kier alpha value is 3.35. The summed E-state index contributed by atoms with van der Waals surface area (Å²) in [5, 5.41) is 12.5. The average molecular weight is 1900 g/mol. The molecule has 1 amide bonds. The van der Waals surface area contributed by atoms with Gasteiger partial charge in [-0.15, -0.1) is 0 Å². The molecule has 0 radical (unpaired) electrons. The molecule has 0 aromatic heterocycles. The van der Waals surface area contributed by atoms with E-state index < -0.39 is 20.5 Å². The van der Waals surface area contributed by atoms with Crippen LogP contribution in [-0.2, 0) is 178 Å². The molecule has 0 aliphatic heterocycles. The molecule has 0 heterocycles. The Labute approximate surface area is 343 Å². The summed E-state index contributed by atoms with van der Waals surface area (Å²) in [6.45, 7) is 11.0. The van der Waals surface area contributed by atoms with Gasteiger partial charge in [0.2, 0.25) is 0 Å². The van der Waals surface area contributed by atoms with E-state index in [0.717, 1.165) is 0 Å². The number of ether oxygens (including phenoxy) is 1. The first-order chi connectivity index (χ1) is 14.1. The van der Waals surface area contributed by atoms with Crippen molar-refractivity contribution in [3.63, 3.8) is 0 Å². The Morgan fingerprint density at radius 3 is 1.68 bits per heavy atom. The van der Waals surface area contributed by atoms with Crippen molar-refractivity contribution in [2.24, 2.45) is 0 Å². The van der Waals surface area contributed by atoms with Crippen LogP contribution in [0.2, 0.25) is 18.1 Å². The van der Waals surface area contributed by atoms with Crippen molar-refractivity contribution in [2.75, 3.05) is 19.8 Å². The minimum atomic E-state index is -2.03. The molecule has 5 nitrogen and oxygen atoms in total. The first kappa shape index (κ1) is 53.9. The van der Waals surface area contributed by atoms with Gasteiger partial charge in [0.05, 0.1) is 12.7 Å². The van der Waals surface area contributed by atoms with E-state index >= 15 is 0 Å². The van der Waals surface area contributed by atoms with Crippen molar-refractivity contribution in [3.8, 4) is 11.1 Å². The van der Waals surface area contributed by atoms with Gasteiger partial charge >= 0.3 is 6.09 Å². The summed E-state index contributed by atoms with van der Waals surface area (Å²) in [5.74, 6) is 0.0280. The zero-order chi connectivity index (χ0) is 21.9. The van der Waals surface area contributed by atoms with Crippen LogP contribution in [-0.4, -0.2) is 45.4 Å². The second kappa shape index (κ2) is 24.6. The standard InChI is InChI=1S/C24H33NO4Si.8W/c1-24(2,3)30(4,5)29-17(15-26)14-25-23(27)28-16-22-20-12-8-6-10-18(20)19-11-7-9-13-21(19)22;;;;;;;;/h6-13,17,22,26H,14-16H2,1-5H3,(H,25,27);;;;;;;;. The molecule has 2 N–H and O–H groups in total. The summed E-state index contributed by atoms with van der Waals surface area (Å²) in [4.78, 5) is 12.3. The van der Waals surface area contributed by atoms with Crippen molar-refractivity contribution >= 4 is 14.4 Å². The molecular formula is C24H33NO4SiW8. The van der Waals surface area contributed by atoms with Crippen LogP contribution < -0.4 is 5.32 Å². The predicted molar refractivity (Wildman–Crippen MR) is 122 cm³/mol. The molecule has 1 aliphatic carbocycles. The third kappa shape index (κ3) is 14.4. The molecule has 14 heteroatoms. The molecule has 2 aromatic rings. The number of carbonyl (C=O) groups is 1. The predicted octanol–water partition coefficient (Wildman–Crippen LogP) is 4.89. The van der Waals surface area contributed by atoms with Crippen LogP contribution in [0.3, 0.4) is 0 Å². The number of aliphatic hydroxyl groups is 1. The number of alkyl carbamates (subject to hydrolysis) is 1. The van der Waals surface area contributed by atoms with Crippen molar-refractivity contribution in [3.05, 3.63) is 59.7 Å². The van der Waals surface area contributed by atoms with Crippen molar-refractivity contribution in [1.82, 2.24) is 5.32 Å². The number of fused-ring (bicyclic) bond motifs is 3. The zero-order valence-corrected chi connectivity index (χ0v) is 46.3. The summed E-state index contributed by atoms with van der Waals surface area (Å²) < 4.78 is 11.7. The van der Waals surface area contributed by atoms with E-state index in [1.54, 1.807) is 0 Å². The minimum absolute atomic E-state index is 0. The molecule has 3 rings (SSSR count). The van der Waals surface area contributed by atoms with E-state index in [-0.39, 0.29) is 199 Å². The summed E-state index contributed by atoms with van der Waals surface area (Å²) in [6, 6.07) is 16.5. The van der Waals surface area contributed by atoms with Gasteiger partial charge in [-0.1, -0.05) is 69.3 Å². The molecule has 1 unspecified atom stereocenters. The zero-order valence-electron chi connectivity index (χ0n) is 21.8. The largest absolute Gasteiger partial charge is 0.449 e. The van der Waals surface area contributed by atoms with Crippen molar-refractivity contribution in [2.45, 2.75) is 50.9 Å². The fourth-order valence-electron chi connectivity index (χ4n) is 3.58. The van der Waals surface area contributed by atoms with Crippen LogP contribution in [0.4, 0.5) is 4.79 Å². The molecular weight excluding hydrogens is 1870 g/mol. The second-order valence-corrected chi connectivity index (χ2v) is 14.1. The number of hydrogen-bond acceptors (Lipinski definition) is 4. The molecule has 0 spiro atoms. The first-order valence-corrected chi connectivity index (χ1v) is 13.4. The van der Waals surface area contributed by atoms with Gasteiger partial charge in [0.25, 0.3) is 0 Å². The molecule has 1 aliphatic rings. The van der Waals surface area contributed by atoms with Gasteiger partial charge in [-0.3, -0.25) is 0 Å². The van der Waals surface area contributed by atoms with E-state index in [0.29, 0.717) is 0 Å². The molecule has 210 valence electrons. The number of amides is 1. The quantitative estimate of drug-likeness (QED) is 0.389. The van der Waals surface area contributed by atoms with Crippen molar-refractivity contribution in [1.29, 1.82) is 0 Å². The van der Waals surface area contributed by atoms with E-state index in [9.17, 15) is 9.90 Å². The Morgan fingerprint density at radius 1 is 0.868 bits per heavy atom. The van der Waals surface area contributed by atoms with E-state index in [4.69, 9.17) is 9.16 Å². The van der Waals surface area contributed by atoms with Crippen LogP contribution in [0.15, 0.2) is 48.5 Å². The Balaban J connectivity index is -0.000000320. The topological polar surface area (TPSA) is 67.8 Å². The summed E-state index contributed by atoms with van der Waals surface area (Å²) in [7, 11) is -2.03. The number of aliphatic hydroxyl groups excluding tert-OH is 1. The number of hydrogen-bond donors (Lipinski definition) is 2. The molecule has 0 saturated heterocycles. The van der Waals surface area contributed by atoms with E-state index in [1.807, 2.05) is 24.3 Å². The smallest absolute Gasteiger partial charge is 0.407 e. The molecule has 1 atom stereocenters. The average Bonchev–Trinajstić information content (AvgIpc) is 3.02. The van der Waals surface area contributed by atoms with Gasteiger partial charge in [-0.25, -0.2) is 4.79 Å². The van der Waals surface area contributed by atoms with Gasteiger partial charge in [-0.2, -0.15) is 0 Å². The molecule has 0 fully saturated rings. The maximum atomic E-state index is 12.3. The fourth-order valence-corrected chi connectivity index (χ4v) is 4.93. The van der Waals surface area contributed by atoms with Crippen LogP contribution in [0, 0.1) is 0 Å². The van der Waals surface area contributed by atoms with Gasteiger partial charge in [-0.05, 0) is 40.4 Å². The van der Waals surface area contributed by atoms with Gasteiger partial charge in [0, 0.05) is 181 Å². The molecule has 0 saturated carbocycles. The third-order valence-corrected chi connectivity index (χ3v) is 10.8. The van der Waals surface area contributed by atoms with E-state index in [1.165, 1.54) is 22.3 Å². The third-order valence-electron chi connectivity index (χ3n) is 6.29. The summed E-state index contributed by atoms with van der Waals surface area (Å²) in [5.41, 5.74) is 4.76. The van der Waals surface area contributed by atoms with Gasteiger partial charge < -0.3 is 19.6 Å².